The van der Waals surface area contributed by atoms with Gasteiger partial charge in [0.1, 0.15) is 5.82 Å². The van der Waals surface area contributed by atoms with Gasteiger partial charge in [0.25, 0.3) is 0 Å². The Bertz CT molecular complexity index is 935. The van der Waals surface area contributed by atoms with Crippen LogP contribution in [0, 0.1) is 5.82 Å². The summed E-state index contributed by atoms with van der Waals surface area (Å²) >= 11 is 0. The number of nitrogens with zero attached hydrogens (tertiary/aromatic N) is 2. The van der Waals surface area contributed by atoms with Gasteiger partial charge in [0, 0.05) is 31.9 Å². The van der Waals surface area contributed by atoms with Crippen molar-refractivity contribution in [1.29, 1.82) is 0 Å². The Morgan fingerprint density at radius 1 is 0.846 bits per heavy atom. The first-order chi connectivity index (χ1) is 12.7. The van der Waals surface area contributed by atoms with E-state index in [0.717, 1.165) is 16.5 Å². The van der Waals surface area contributed by atoms with Crippen LogP contribution in [0.4, 0.5) is 20.6 Å². The van der Waals surface area contributed by atoms with Gasteiger partial charge in [0.15, 0.2) is 0 Å². The molecule has 0 saturated carbocycles. The van der Waals surface area contributed by atoms with Gasteiger partial charge in [-0.05, 0) is 35.0 Å². The summed E-state index contributed by atoms with van der Waals surface area (Å²) in [6, 6.07) is 20.6. The maximum Gasteiger partial charge on any atom is 0.321 e. The molecule has 1 saturated heterocycles. The van der Waals surface area contributed by atoms with Gasteiger partial charge >= 0.3 is 6.03 Å². The molecule has 0 radical (unpaired) electrons. The summed E-state index contributed by atoms with van der Waals surface area (Å²) < 4.78 is 13.9. The van der Waals surface area contributed by atoms with E-state index in [-0.39, 0.29) is 11.8 Å². The summed E-state index contributed by atoms with van der Waals surface area (Å²) in [5.74, 6) is -0.221. The predicted octanol–water partition coefficient (Wildman–Crippen LogP) is 4.33. The van der Waals surface area contributed by atoms with Crippen molar-refractivity contribution in [1.82, 2.24) is 4.90 Å². The maximum absolute atomic E-state index is 13.9. The Hall–Kier alpha value is -3.08. The van der Waals surface area contributed by atoms with Crippen LogP contribution in [-0.2, 0) is 0 Å². The van der Waals surface area contributed by atoms with E-state index in [4.69, 9.17) is 0 Å². The van der Waals surface area contributed by atoms with Crippen LogP contribution in [0.25, 0.3) is 10.8 Å². The third-order valence-electron chi connectivity index (χ3n) is 4.76. The molecule has 4 rings (SSSR count). The molecular weight excluding hydrogens is 329 g/mol. The zero-order valence-corrected chi connectivity index (χ0v) is 14.4. The standard InChI is InChI=1S/C21H20FN3O/c22-19-7-3-4-8-20(19)24-11-13-25(14-12-24)21(26)23-18-10-9-16-5-1-2-6-17(16)15-18/h1-10,15H,11-14H2,(H,23,26). The van der Waals surface area contributed by atoms with Crippen molar-refractivity contribution in [2.75, 3.05) is 36.4 Å². The van der Waals surface area contributed by atoms with Crippen molar-refractivity contribution in [3.8, 4) is 0 Å². The molecule has 1 heterocycles. The molecule has 1 aliphatic rings. The van der Waals surface area contributed by atoms with Crippen molar-refractivity contribution >= 4 is 28.2 Å². The Balaban J connectivity index is 1.39. The second-order valence-electron chi connectivity index (χ2n) is 6.42. The summed E-state index contributed by atoms with van der Waals surface area (Å²) in [6.45, 7) is 2.36. The Kier molecular flexibility index (Phi) is 4.44. The molecule has 0 spiro atoms. The van der Waals surface area contributed by atoms with E-state index in [1.807, 2.05) is 53.4 Å². The predicted molar refractivity (Wildman–Crippen MR) is 103 cm³/mol. The lowest BCUT2D eigenvalue weighted by molar-refractivity contribution is 0.208. The molecule has 1 N–H and O–H groups in total. The molecule has 26 heavy (non-hydrogen) atoms. The first kappa shape index (κ1) is 16.4. The van der Waals surface area contributed by atoms with Crippen LogP contribution in [0.5, 0.6) is 0 Å². The van der Waals surface area contributed by atoms with E-state index in [1.54, 1.807) is 17.0 Å². The molecule has 3 aromatic rings. The summed E-state index contributed by atoms with van der Waals surface area (Å²) in [6.07, 6.45) is 0. The number of anilines is 2. The van der Waals surface area contributed by atoms with E-state index in [2.05, 4.69) is 5.32 Å². The van der Waals surface area contributed by atoms with Crippen LogP contribution in [0.2, 0.25) is 0 Å². The van der Waals surface area contributed by atoms with Gasteiger partial charge < -0.3 is 15.1 Å². The molecule has 5 heteroatoms. The minimum Gasteiger partial charge on any atom is -0.366 e. The van der Waals surface area contributed by atoms with E-state index in [1.165, 1.54) is 6.07 Å². The monoisotopic (exact) mass is 349 g/mol. The number of urea groups is 1. The number of fused-ring (bicyclic) bond motifs is 1. The number of hydrogen-bond acceptors (Lipinski definition) is 2. The van der Waals surface area contributed by atoms with E-state index in [9.17, 15) is 9.18 Å². The summed E-state index contributed by atoms with van der Waals surface area (Å²) in [7, 11) is 0. The van der Waals surface area contributed by atoms with Crippen LogP contribution in [0.3, 0.4) is 0 Å². The van der Waals surface area contributed by atoms with Crippen LogP contribution in [-0.4, -0.2) is 37.1 Å². The molecule has 4 nitrogen and oxygen atoms in total. The first-order valence-electron chi connectivity index (χ1n) is 8.75. The lowest BCUT2D eigenvalue weighted by Crippen LogP contribution is -2.50. The van der Waals surface area contributed by atoms with E-state index in [0.29, 0.717) is 31.9 Å². The van der Waals surface area contributed by atoms with Crippen molar-refractivity contribution in [3.05, 3.63) is 72.5 Å². The molecule has 0 aromatic heterocycles. The number of piperazine rings is 1. The zero-order chi connectivity index (χ0) is 17.9. The summed E-state index contributed by atoms with van der Waals surface area (Å²) in [5, 5.41) is 5.20. The van der Waals surface area contributed by atoms with Gasteiger partial charge in [-0.1, -0.05) is 42.5 Å². The average Bonchev–Trinajstić information content (AvgIpc) is 2.68. The van der Waals surface area contributed by atoms with Crippen LogP contribution in [0.15, 0.2) is 66.7 Å². The Labute approximate surface area is 151 Å². The van der Waals surface area contributed by atoms with E-state index >= 15 is 0 Å². The summed E-state index contributed by atoms with van der Waals surface area (Å²) in [5.41, 5.74) is 1.38. The van der Waals surface area contributed by atoms with Crippen molar-refractivity contribution in [3.63, 3.8) is 0 Å². The largest absolute Gasteiger partial charge is 0.366 e. The number of hydrogen-bond donors (Lipinski definition) is 1. The number of nitrogens with one attached hydrogen (secondary N) is 1. The van der Waals surface area contributed by atoms with Crippen LogP contribution in [0.1, 0.15) is 0 Å². The first-order valence-corrected chi connectivity index (χ1v) is 8.75. The molecule has 1 fully saturated rings. The highest BCUT2D eigenvalue weighted by molar-refractivity contribution is 5.93. The fraction of sp³-hybridized carbons (Fsp3) is 0.190. The van der Waals surface area contributed by atoms with Gasteiger partial charge in [-0.25, -0.2) is 9.18 Å². The van der Waals surface area contributed by atoms with Gasteiger partial charge in [-0.15, -0.1) is 0 Å². The Morgan fingerprint density at radius 3 is 2.31 bits per heavy atom. The van der Waals surface area contributed by atoms with Gasteiger partial charge in [-0.3, -0.25) is 0 Å². The third-order valence-corrected chi connectivity index (χ3v) is 4.76. The number of halogens is 1. The topological polar surface area (TPSA) is 35.6 Å². The molecule has 3 aromatic carbocycles. The van der Waals surface area contributed by atoms with Crippen molar-refractivity contribution in [2.45, 2.75) is 0 Å². The molecule has 1 aliphatic heterocycles. The molecule has 0 bridgehead atoms. The van der Waals surface area contributed by atoms with Gasteiger partial charge in [-0.2, -0.15) is 0 Å². The smallest absolute Gasteiger partial charge is 0.321 e. The molecule has 0 unspecified atom stereocenters. The highest BCUT2D eigenvalue weighted by atomic mass is 19.1. The normalized spacial score (nSPS) is 14.5. The quantitative estimate of drug-likeness (QED) is 0.747. The number of amides is 2. The molecule has 0 atom stereocenters. The van der Waals surface area contributed by atoms with E-state index < -0.39 is 0 Å². The lowest BCUT2D eigenvalue weighted by atomic mass is 10.1. The van der Waals surface area contributed by atoms with Gasteiger partial charge in [0.05, 0.1) is 5.69 Å². The fourth-order valence-corrected chi connectivity index (χ4v) is 3.33. The number of para-hydroxylation sites is 1. The lowest BCUT2D eigenvalue weighted by Gasteiger charge is -2.36. The second-order valence-corrected chi connectivity index (χ2v) is 6.42. The maximum atomic E-state index is 13.9. The highest BCUT2D eigenvalue weighted by Crippen LogP contribution is 2.21. The summed E-state index contributed by atoms with van der Waals surface area (Å²) in [4.78, 5) is 16.3. The van der Waals surface area contributed by atoms with Crippen molar-refractivity contribution in [2.24, 2.45) is 0 Å². The van der Waals surface area contributed by atoms with Crippen LogP contribution >= 0.6 is 0 Å². The Morgan fingerprint density at radius 2 is 1.54 bits per heavy atom. The van der Waals surface area contributed by atoms with Crippen LogP contribution < -0.4 is 10.2 Å². The molecule has 2 amide bonds. The fourth-order valence-electron chi connectivity index (χ4n) is 3.33. The molecule has 132 valence electrons. The number of rotatable bonds is 2. The number of benzene rings is 3. The SMILES string of the molecule is O=C(Nc1ccc2ccccc2c1)N1CCN(c2ccccc2F)CC1. The molecule has 0 aliphatic carbocycles. The zero-order valence-electron chi connectivity index (χ0n) is 14.4. The second kappa shape index (κ2) is 7.04. The number of carbonyl (C=O) groups is 1. The van der Waals surface area contributed by atoms with Crippen molar-refractivity contribution < 1.29 is 9.18 Å². The minimum atomic E-state index is -0.221. The average molecular weight is 349 g/mol. The molecular formula is C21H20FN3O. The highest BCUT2D eigenvalue weighted by Gasteiger charge is 2.22. The third kappa shape index (κ3) is 3.33. The minimum absolute atomic E-state index is 0.117. The van der Waals surface area contributed by atoms with Gasteiger partial charge in [0.2, 0.25) is 0 Å². The number of carbonyl (C=O) groups excluding carboxylic acids is 1.